The molecule has 0 amide bonds. The first kappa shape index (κ1) is 21.3. The number of halogens is 1. The molecule has 4 rings (SSSR count). The summed E-state index contributed by atoms with van der Waals surface area (Å²) in [7, 11) is -2.24. The van der Waals surface area contributed by atoms with Crippen molar-refractivity contribution in [1.82, 2.24) is 13.5 Å². The summed E-state index contributed by atoms with van der Waals surface area (Å²) in [4.78, 5) is 17.7. The van der Waals surface area contributed by atoms with Crippen LogP contribution < -0.4 is 10.3 Å². The maximum absolute atomic E-state index is 13.3. The molecule has 160 valence electrons. The summed E-state index contributed by atoms with van der Waals surface area (Å²) in [6.07, 6.45) is 1.36. The van der Waals surface area contributed by atoms with Crippen LogP contribution in [0.3, 0.4) is 0 Å². The SMILES string of the molecule is COc1ccc(C)c(-n2cnc3c(cc(Br)n3S(=O)(=O)Cc3ccccc3)c2=O)c1C. The average Bonchev–Trinajstić information content (AvgIpc) is 3.08. The molecule has 2 aromatic heterocycles. The molecule has 0 radical (unpaired) electrons. The van der Waals surface area contributed by atoms with E-state index in [0.717, 1.165) is 15.1 Å². The van der Waals surface area contributed by atoms with Crippen molar-refractivity contribution in [3.05, 3.63) is 86.5 Å². The summed E-state index contributed by atoms with van der Waals surface area (Å²) < 4.78 is 34.4. The van der Waals surface area contributed by atoms with Gasteiger partial charge in [-0.3, -0.25) is 9.36 Å². The van der Waals surface area contributed by atoms with E-state index < -0.39 is 10.0 Å². The lowest BCUT2D eigenvalue weighted by Crippen LogP contribution is -2.22. The molecule has 2 aromatic carbocycles. The smallest absolute Gasteiger partial charge is 0.267 e. The maximum atomic E-state index is 13.3. The molecule has 0 aliphatic carbocycles. The Bertz CT molecular complexity index is 1460. The second kappa shape index (κ2) is 7.97. The number of hydrogen-bond acceptors (Lipinski definition) is 5. The molecule has 0 atom stereocenters. The van der Waals surface area contributed by atoms with Crippen LogP contribution in [0.25, 0.3) is 16.7 Å². The van der Waals surface area contributed by atoms with E-state index >= 15 is 0 Å². The number of ether oxygens (including phenoxy) is 1. The molecule has 0 spiro atoms. The van der Waals surface area contributed by atoms with E-state index in [0.29, 0.717) is 17.0 Å². The molecule has 9 heteroatoms. The largest absolute Gasteiger partial charge is 0.496 e. The van der Waals surface area contributed by atoms with E-state index in [9.17, 15) is 13.2 Å². The van der Waals surface area contributed by atoms with Crippen molar-refractivity contribution < 1.29 is 13.2 Å². The Balaban J connectivity index is 1.91. The van der Waals surface area contributed by atoms with Crippen molar-refractivity contribution in [3.63, 3.8) is 0 Å². The first-order chi connectivity index (χ1) is 14.7. The summed E-state index contributed by atoms with van der Waals surface area (Å²) in [6.45, 7) is 3.76. The van der Waals surface area contributed by atoms with Crippen molar-refractivity contribution >= 4 is 37.0 Å². The number of aromatic nitrogens is 3. The van der Waals surface area contributed by atoms with E-state index in [2.05, 4.69) is 20.9 Å². The van der Waals surface area contributed by atoms with Gasteiger partial charge in [-0.2, -0.15) is 0 Å². The van der Waals surface area contributed by atoms with Gasteiger partial charge in [0, 0.05) is 5.56 Å². The Morgan fingerprint density at radius 3 is 2.48 bits per heavy atom. The molecule has 2 heterocycles. The summed E-state index contributed by atoms with van der Waals surface area (Å²) >= 11 is 3.30. The van der Waals surface area contributed by atoms with Gasteiger partial charge in [0.2, 0.25) is 10.0 Å². The molecule has 0 bridgehead atoms. The van der Waals surface area contributed by atoms with Crippen molar-refractivity contribution in [2.45, 2.75) is 19.6 Å². The minimum absolute atomic E-state index is 0.0854. The van der Waals surface area contributed by atoms with Crippen molar-refractivity contribution in [1.29, 1.82) is 0 Å². The Morgan fingerprint density at radius 2 is 1.81 bits per heavy atom. The normalized spacial score (nSPS) is 11.7. The average molecular weight is 502 g/mol. The Hall–Kier alpha value is -2.91. The second-order valence-corrected chi connectivity index (χ2v) is 9.82. The van der Waals surface area contributed by atoms with Gasteiger partial charge in [0.25, 0.3) is 5.56 Å². The zero-order chi connectivity index (χ0) is 22.3. The van der Waals surface area contributed by atoms with Crippen LogP contribution in [0, 0.1) is 13.8 Å². The minimum Gasteiger partial charge on any atom is -0.496 e. The first-order valence-electron chi connectivity index (χ1n) is 9.45. The molecule has 0 N–H and O–H groups in total. The van der Waals surface area contributed by atoms with Crippen LogP contribution in [0.4, 0.5) is 0 Å². The lowest BCUT2D eigenvalue weighted by molar-refractivity contribution is 0.411. The molecule has 7 nitrogen and oxygen atoms in total. The topological polar surface area (TPSA) is 83.2 Å². The third-order valence-electron chi connectivity index (χ3n) is 5.15. The molecule has 0 unspecified atom stereocenters. The second-order valence-electron chi connectivity index (χ2n) is 7.19. The van der Waals surface area contributed by atoms with Gasteiger partial charge in [0.15, 0.2) is 5.65 Å². The van der Waals surface area contributed by atoms with Crippen LogP contribution in [0.15, 0.2) is 64.3 Å². The molecule has 0 aliphatic rings. The van der Waals surface area contributed by atoms with E-state index in [1.165, 1.54) is 17.0 Å². The van der Waals surface area contributed by atoms with Crippen LogP contribution in [0.1, 0.15) is 16.7 Å². The highest BCUT2D eigenvalue weighted by molar-refractivity contribution is 9.10. The standard InChI is InChI=1S/C22H20BrN3O4S/c1-14-9-10-18(30-3)15(2)20(14)25-13-24-21-17(22(25)27)11-19(23)26(21)31(28,29)12-16-7-5-4-6-8-16/h4-11,13H,12H2,1-3H3. The third kappa shape index (κ3) is 3.68. The number of nitrogens with zero attached hydrogens (tertiary/aromatic N) is 3. The number of rotatable bonds is 5. The molecule has 0 aliphatic heterocycles. The van der Waals surface area contributed by atoms with E-state index in [4.69, 9.17) is 4.74 Å². The van der Waals surface area contributed by atoms with E-state index in [1.807, 2.05) is 32.0 Å². The number of benzene rings is 2. The fourth-order valence-electron chi connectivity index (χ4n) is 3.71. The zero-order valence-corrected chi connectivity index (χ0v) is 19.6. The summed E-state index contributed by atoms with van der Waals surface area (Å²) in [5.74, 6) is 0.437. The highest BCUT2D eigenvalue weighted by Gasteiger charge is 2.24. The van der Waals surface area contributed by atoms with Crippen LogP contribution in [0.2, 0.25) is 0 Å². The van der Waals surface area contributed by atoms with Gasteiger partial charge in [-0.25, -0.2) is 17.4 Å². The Kier molecular flexibility index (Phi) is 5.49. The zero-order valence-electron chi connectivity index (χ0n) is 17.2. The first-order valence-corrected chi connectivity index (χ1v) is 11.8. The van der Waals surface area contributed by atoms with Crippen LogP contribution in [0.5, 0.6) is 5.75 Å². The van der Waals surface area contributed by atoms with E-state index in [1.54, 1.807) is 31.4 Å². The number of hydrogen-bond donors (Lipinski definition) is 0. The number of methoxy groups -OCH3 is 1. The molecular weight excluding hydrogens is 482 g/mol. The summed E-state index contributed by atoms with van der Waals surface area (Å²) in [5.41, 5.74) is 2.70. The molecule has 4 aromatic rings. The molecule has 31 heavy (non-hydrogen) atoms. The van der Waals surface area contributed by atoms with Crippen LogP contribution in [-0.2, 0) is 15.8 Å². The fraction of sp³-hybridized carbons (Fsp3) is 0.182. The van der Waals surface area contributed by atoms with Crippen molar-refractivity contribution in [3.8, 4) is 11.4 Å². The Labute approximate surface area is 188 Å². The predicted octanol–water partition coefficient (Wildman–Crippen LogP) is 3.95. The molecule has 0 fully saturated rings. The summed E-state index contributed by atoms with van der Waals surface area (Å²) in [6, 6.07) is 14.1. The van der Waals surface area contributed by atoms with Gasteiger partial charge >= 0.3 is 0 Å². The lowest BCUT2D eigenvalue weighted by atomic mass is 10.1. The maximum Gasteiger partial charge on any atom is 0.267 e. The number of aryl methyl sites for hydroxylation is 1. The van der Waals surface area contributed by atoms with Crippen LogP contribution in [-0.4, -0.2) is 29.1 Å². The lowest BCUT2D eigenvalue weighted by Gasteiger charge is -2.15. The monoisotopic (exact) mass is 501 g/mol. The predicted molar refractivity (Wildman–Crippen MR) is 124 cm³/mol. The third-order valence-corrected chi connectivity index (χ3v) is 7.59. The summed E-state index contributed by atoms with van der Waals surface area (Å²) in [5, 5.41) is 0.202. The highest BCUT2D eigenvalue weighted by Crippen LogP contribution is 2.28. The van der Waals surface area contributed by atoms with Crippen molar-refractivity contribution in [2.24, 2.45) is 0 Å². The number of fused-ring (bicyclic) bond motifs is 1. The van der Waals surface area contributed by atoms with Gasteiger partial charge in [0.05, 0.1) is 23.9 Å². The van der Waals surface area contributed by atoms with E-state index in [-0.39, 0.29) is 26.9 Å². The van der Waals surface area contributed by atoms with Gasteiger partial charge in [-0.1, -0.05) is 36.4 Å². The highest BCUT2D eigenvalue weighted by atomic mass is 79.9. The van der Waals surface area contributed by atoms with Gasteiger partial charge in [0.1, 0.15) is 16.7 Å². The van der Waals surface area contributed by atoms with Gasteiger partial charge < -0.3 is 4.74 Å². The van der Waals surface area contributed by atoms with Crippen molar-refractivity contribution in [2.75, 3.05) is 7.11 Å². The van der Waals surface area contributed by atoms with Gasteiger partial charge in [-0.05, 0) is 53.0 Å². The Morgan fingerprint density at radius 1 is 1.10 bits per heavy atom. The quantitative estimate of drug-likeness (QED) is 0.413. The van der Waals surface area contributed by atoms with Crippen LogP contribution >= 0.6 is 15.9 Å². The molecule has 0 saturated carbocycles. The minimum atomic E-state index is -3.81. The van der Waals surface area contributed by atoms with Gasteiger partial charge in [-0.15, -0.1) is 0 Å². The fourth-order valence-corrected chi connectivity index (χ4v) is 6.24. The molecule has 0 saturated heterocycles. The molecular formula is C22H20BrN3O4S.